The van der Waals surface area contributed by atoms with Crippen LogP contribution in [0.25, 0.3) is 0 Å². The quantitative estimate of drug-likeness (QED) is 0.873. The zero-order chi connectivity index (χ0) is 13.8. The Bertz CT molecular complexity index is 522. The van der Waals surface area contributed by atoms with Crippen molar-refractivity contribution >= 4 is 0 Å². The number of phenols is 2. The molecule has 2 heteroatoms. The lowest BCUT2D eigenvalue weighted by Crippen LogP contribution is -1.92. The average Bonchev–Trinajstić information content (AvgIpc) is 2.42. The maximum Gasteiger partial charge on any atom is 0.119 e. The molecule has 0 unspecified atom stereocenters. The minimum atomic E-state index is 0.304. The molecule has 0 fully saturated rings. The van der Waals surface area contributed by atoms with Crippen LogP contribution in [0.15, 0.2) is 36.4 Å². The second-order valence-corrected chi connectivity index (χ2v) is 4.81. The number of aromatic hydroxyl groups is 2. The van der Waals surface area contributed by atoms with Crippen molar-refractivity contribution in [3.63, 3.8) is 0 Å². The molecular formula is C17H20O2. The topological polar surface area (TPSA) is 40.5 Å². The van der Waals surface area contributed by atoms with Crippen molar-refractivity contribution in [3.8, 4) is 11.5 Å². The second-order valence-electron chi connectivity index (χ2n) is 4.81. The smallest absolute Gasteiger partial charge is 0.119 e. The molecule has 2 rings (SSSR count). The van der Waals surface area contributed by atoms with E-state index >= 15 is 0 Å². The fourth-order valence-corrected chi connectivity index (χ4v) is 2.16. The van der Waals surface area contributed by atoms with Gasteiger partial charge in [0.1, 0.15) is 11.5 Å². The molecule has 0 heterocycles. The fourth-order valence-electron chi connectivity index (χ4n) is 2.16. The van der Waals surface area contributed by atoms with Gasteiger partial charge >= 0.3 is 0 Å². The Morgan fingerprint density at radius 2 is 1.16 bits per heavy atom. The van der Waals surface area contributed by atoms with Crippen LogP contribution in [0.1, 0.15) is 36.1 Å². The van der Waals surface area contributed by atoms with Crippen molar-refractivity contribution in [1.82, 2.24) is 0 Å². The van der Waals surface area contributed by atoms with E-state index in [9.17, 15) is 10.2 Å². The summed E-state index contributed by atoms with van der Waals surface area (Å²) in [6.45, 7) is 4.12. The molecule has 0 saturated heterocycles. The zero-order valence-corrected chi connectivity index (χ0v) is 11.5. The molecule has 0 bridgehead atoms. The van der Waals surface area contributed by atoms with Crippen LogP contribution in [0, 0.1) is 0 Å². The Balaban J connectivity index is 2.26. The number of hydrogen-bond acceptors (Lipinski definition) is 2. The van der Waals surface area contributed by atoms with Gasteiger partial charge < -0.3 is 10.2 Å². The Morgan fingerprint density at radius 1 is 0.737 bits per heavy atom. The monoisotopic (exact) mass is 256 g/mol. The first-order valence-corrected chi connectivity index (χ1v) is 6.75. The lowest BCUT2D eigenvalue weighted by Gasteiger charge is -2.09. The summed E-state index contributed by atoms with van der Waals surface area (Å²) >= 11 is 0. The number of aryl methyl sites for hydroxylation is 2. The number of rotatable bonds is 4. The van der Waals surface area contributed by atoms with Crippen LogP contribution in [0.2, 0.25) is 0 Å². The summed E-state index contributed by atoms with van der Waals surface area (Å²) in [7, 11) is 0. The highest BCUT2D eigenvalue weighted by Gasteiger charge is 2.07. The van der Waals surface area contributed by atoms with Gasteiger partial charge in [0, 0.05) is 6.42 Å². The van der Waals surface area contributed by atoms with Gasteiger partial charge in [0.15, 0.2) is 0 Å². The van der Waals surface area contributed by atoms with Crippen LogP contribution in [-0.2, 0) is 19.3 Å². The third-order valence-electron chi connectivity index (χ3n) is 3.50. The minimum Gasteiger partial charge on any atom is -0.508 e. The predicted octanol–water partition coefficient (Wildman–Crippen LogP) is 3.81. The molecule has 0 radical (unpaired) electrons. The fraction of sp³-hybridized carbons (Fsp3) is 0.294. The summed E-state index contributed by atoms with van der Waals surface area (Å²) < 4.78 is 0. The molecule has 0 spiro atoms. The molecule has 0 aliphatic heterocycles. The zero-order valence-electron chi connectivity index (χ0n) is 11.5. The summed E-state index contributed by atoms with van der Waals surface area (Å²) in [6, 6.07) is 11.5. The van der Waals surface area contributed by atoms with E-state index in [4.69, 9.17) is 0 Å². The molecule has 0 aliphatic carbocycles. The van der Waals surface area contributed by atoms with E-state index in [1.807, 2.05) is 24.3 Å². The minimum absolute atomic E-state index is 0.304. The molecular weight excluding hydrogens is 236 g/mol. The van der Waals surface area contributed by atoms with Crippen molar-refractivity contribution in [2.24, 2.45) is 0 Å². The van der Waals surface area contributed by atoms with Gasteiger partial charge in [0.25, 0.3) is 0 Å². The molecule has 2 N–H and O–H groups in total. The van der Waals surface area contributed by atoms with Gasteiger partial charge in [-0.15, -0.1) is 0 Å². The first kappa shape index (κ1) is 13.5. The van der Waals surface area contributed by atoms with E-state index < -0.39 is 0 Å². The van der Waals surface area contributed by atoms with E-state index in [1.165, 1.54) is 0 Å². The standard InChI is InChI=1S/C17H20O2/c1-3-12-5-7-14(16(18)9-12)11-15-8-6-13(4-2)10-17(15)19/h5-10,18-19H,3-4,11H2,1-2H3. The second kappa shape index (κ2) is 5.79. The maximum atomic E-state index is 9.99. The lowest BCUT2D eigenvalue weighted by molar-refractivity contribution is 0.462. The van der Waals surface area contributed by atoms with Gasteiger partial charge in [-0.25, -0.2) is 0 Å². The van der Waals surface area contributed by atoms with E-state index in [1.54, 1.807) is 12.1 Å². The highest BCUT2D eigenvalue weighted by atomic mass is 16.3. The van der Waals surface area contributed by atoms with Crippen molar-refractivity contribution in [2.45, 2.75) is 33.1 Å². The summed E-state index contributed by atoms with van der Waals surface area (Å²) in [5.74, 6) is 0.608. The van der Waals surface area contributed by atoms with E-state index in [2.05, 4.69) is 13.8 Å². The van der Waals surface area contributed by atoms with E-state index in [0.29, 0.717) is 17.9 Å². The lowest BCUT2D eigenvalue weighted by atomic mass is 9.99. The van der Waals surface area contributed by atoms with Gasteiger partial charge in [-0.05, 0) is 47.2 Å². The van der Waals surface area contributed by atoms with Gasteiger partial charge in [0.2, 0.25) is 0 Å². The third-order valence-corrected chi connectivity index (χ3v) is 3.50. The highest BCUT2D eigenvalue weighted by molar-refractivity contribution is 5.44. The van der Waals surface area contributed by atoms with Crippen molar-refractivity contribution in [2.75, 3.05) is 0 Å². The van der Waals surface area contributed by atoms with Crippen LogP contribution in [0.5, 0.6) is 11.5 Å². The molecule has 0 aliphatic rings. The number of phenolic OH excluding ortho intramolecular Hbond substituents is 2. The van der Waals surface area contributed by atoms with Crippen LogP contribution in [-0.4, -0.2) is 10.2 Å². The Labute approximate surface area is 114 Å². The van der Waals surface area contributed by atoms with Crippen molar-refractivity contribution in [3.05, 3.63) is 58.7 Å². The molecule has 0 aromatic heterocycles. The van der Waals surface area contributed by atoms with Gasteiger partial charge in [-0.2, -0.15) is 0 Å². The SMILES string of the molecule is CCc1ccc(Cc2ccc(CC)cc2O)c(O)c1. The van der Waals surface area contributed by atoms with Crippen molar-refractivity contribution in [1.29, 1.82) is 0 Å². The number of benzene rings is 2. The van der Waals surface area contributed by atoms with Crippen molar-refractivity contribution < 1.29 is 10.2 Å². The Morgan fingerprint density at radius 3 is 1.47 bits per heavy atom. The van der Waals surface area contributed by atoms with Crippen LogP contribution >= 0.6 is 0 Å². The average molecular weight is 256 g/mol. The van der Waals surface area contributed by atoms with E-state index in [-0.39, 0.29) is 0 Å². The first-order valence-electron chi connectivity index (χ1n) is 6.75. The first-order chi connectivity index (χ1) is 9.13. The summed E-state index contributed by atoms with van der Waals surface area (Å²) in [6.07, 6.45) is 2.36. The van der Waals surface area contributed by atoms with Crippen LogP contribution < -0.4 is 0 Å². The molecule has 100 valence electrons. The predicted molar refractivity (Wildman–Crippen MR) is 77.8 cm³/mol. The van der Waals surface area contributed by atoms with Gasteiger partial charge in [-0.3, -0.25) is 0 Å². The molecule has 19 heavy (non-hydrogen) atoms. The molecule has 2 aromatic carbocycles. The van der Waals surface area contributed by atoms with Gasteiger partial charge in [-0.1, -0.05) is 38.1 Å². The van der Waals surface area contributed by atoms with Gasteiger partial charge in [0.05, 0.1) is 0 Å². The molecule has 2 aromatic rings. The molecule has 0 atom stereocenters. The summed E-state index contributed by atoms with van der Waals surface area (Å²) in [5.41, 5.74) is 3.92. The highest BCUT2D eigenvalue weighted by Crippen LogP contribution is 2.27. The summed E-state index contributed by atoms with van der Waals surface area (Å²) in [5, 5.41) is 20.0. The number of hydrogen-bond donors (Lipinski definition) is 2. The van der Waals surface area contributed by atoms with Crippen LogP contribution in [0.4, 0.5) is 0 Å². The maximum absolute atomic E-state index is 9.99. The van der Waals surface area contributed by atoms with E-state index in [0.717, 1.165) is 35.1 Å². The Hall–Kier alpha value is -1.96. The normalized spacial score (nSPS) is 10.6. The van der Waals surface area contributed by atoms with Crippen LogP contribution in [0.3, 0.4) is 0 Å². The molecule has 0 amide bonds. The molecule has 2 nitrogen and oxygen atoms in total. The largest absolute Gasteiger partial charge is 0.508 e. The molecule has 0 saturated carbocycles. The summed E-state index contributed by atoms with van der Waals surface area (Å²) in [4.78, 5) is 0. The third kappa shape index (κ3) is 3.08. The Kier molecular flexibility index (Phi) is 4.10.